The van der Waals surface area contributed by atoms with Gasteiger partial charge in [0.1, 0.15) is 5.69 Å². The monoisotopic (exact) mass is 551 g/mol. The van der Waals surface area contributed by atoms with E-state index in [-0.39, 0.29) is 17.1 Å². The quantitative estimate of drug-likeness (QED) is 0.310. The molecule has 5 aromatic rings. The van der Waals surface area contributed by atoms with Crippen LogP contribution in [0.15, 0.2) is 101 Å². The number of nitrogens with two attached hydrogens (primary N) is 1. The van der Waals surface area contributed by atoms with Gasteiger partial charge in [-0.2, -0.15) is 0 Å². The number of pyridine rings is 2. The van der Waals surface area contributed by atoms with Gasteiger partial charge in [0.2, 0.25) is 0 Å². The molecule has 0 fully saturated rings. The number of aliphatic imine (C=N–C) groups is 1. The van der Waals surface area contributed by atoms with E-state index in [4.69, 9.17) is 5.73 Å². The van der Waals surface area contributed by atoms with E-state index in [1.54, 1.807) is 30.1 Å². The molecular formula is C33H25N7O2. The third-order valence-electron chi connectivity index (χ3n) is 6.81. The van der Waals surface area contributed by atoms with Gasteiger partial charge in [-0.15, -0.1) is 0 Å². The fourth-order valence-corrected chi connectivity index (χ4v) is 4.79. The highest BCUT2D eigenvalue weighted by Gasteiger charge is 2.22. The number of benzene rings is 2. The van der Waals surface area contributed by atoms with Crippen LogP contribution in [0.2, 0.25) is 0 Å². The Morgan fingerprint density at radius 3 is 2.67 bits per heavy atom. The molecule has 9 heteroatoms. The van der Waals surface area contributed by atoms with Crippen molar-refractivity contribution in [2.45, 2.75) is 19.4 Å². The third kappa shape index (κ3) is 5.17. The van der Waals surface area contributed by atoms with Crippen molar-refractivity contribution in [1.29, 1.82) is 0 Å². The highest BCUT2D eigenvalue weighted by molar-refractivity contribution is 5.97. The van der Waals surface area contributed by atoms with Crippen molar-refractivity contribution < 1.29 is 4.79 Å². The van der Waals surface area contributed by atoms with Crippen LogP contribution in [-0.2, 0) is 0 Å². The molecule has 1 atom stereocenters. The van der Waals surface area contributed by atoms with Gasteiger partial charge in [-0.1, -0.05) is 48.2 Å². The van der Waals surface area contributed by atoms with Crippen molar-refractivity contribution in [1.82, 2.24) is 24.8 Å². The van der Waals surface area contributed by atoms with Crippen LogP contribution in [0, 0.1) is 11.8 Å². The number of hydrogen-bond donors (Lipinski definition) is 2. The van der Waals surface area contributed by atoms with E-state index < -0.39 is 11.9 Å². The Balaban J connectivity index is 1.43. The predicted molar refractivity (Wildman–Crippen MR) is 163 cm³/mol. The summed E-state index contributed by atoms with van der Waals surface area (Å²) in [6.45, 7) is 1.81. The van der Waals surface area contributed by atoms with Gasteiger partial charge in [-0.05, 0) is 48.7 Å². The van der Waals surface area contributed by atoms with Crippen molar-refractivity contribution in [3.8, 4) is 17.5 Å². The maximum absolute atomic E-state index is 14.2. The number of rotatable bonds is 5. The molecule has 4 heterocycles. The summed E-state index contributed by atoms with van der Waals surface area (Å²) < 4.78 is 1.60. The maximum atomic E-state index is 14.2. The van der Waals surface area contributed by atoms with Gasteiger partial charge in [0.05, 0.1) is 23.3 Å². The van der Waals surface area contributed by atoms with Crippen molar-refractivity contribution in [3.05, 3.63) is 130 Å². The Morgan fingerprint density at radius 1 is 1.05 bits per heavy atom. The second-order valence-electron chi connectivity index (χ2n) is 9.63. The number of amides is 1. The minimum Gasteiger partial charge on any atom is -0.382 e. The molecule has 0 aliphatic carbocycles. The molecule has 3 N–H and O–H groups in total. The van der Waals surface area contributed by atoms with Crippen molar-refractivity contribution >= 4 is 34.4 Å². The molecule has 9 nitrogen and oxygen atoms in total. The fourth-order valence-electron chi connectivity index (χ4n) is 4.79. The number of anilines is 1. The highest BCUT2D eigenvalue weighted by Crippen LogP contribution is 2.24. The van der Waals surface area contributed by atoms with Gasteiger partial charge in [0.15, 0.2) is 11.5 Å². The second kappa shape index (κ2) is 11.3. The number of carbonyl (C=O) groups is 1. The molecule has 0 saturated carbocycles. The number of hydrogen-bond acceptors (Lipinski definition) is 7. The molecule has 3 aromatic heterocycles. The largest absolute Gasteiger partial charge is 0.382 e. The molecule has 0 radical (unpaired) electrons. The van der Waals surface area contributed by atoms with E-state index in [0.29, 0.717) is 45.5 Å². The van der Waals surface area contributed by atoms with Crippen LogP contribution in [0.1, 0.15) is 52.4 Å². The Morgan fingerprint density at radius 2 is 1.90 bits per heavy atom. The number of allylic oxidation sites excluding steroid dienone is 1. The molecule has 1 amide bonds. The zero-order chi connectivity index (χ0) is 29.1. The zero-order valence-corrected chi connectivity index (χ0v) is 22.7. The van der Waals surface area contributed by atoms with Gasteiger partial charge in [0, 0.05) is 47.5 Å². The van der Waals surface area contributed by atoms with Crippen LogP contribution in [-0.4, -0.2) is 31.6 Å². The van der Waals surface area contributed by atoms with Crippen LogP contribution >= 0.6 is 0 Å². The summed E-state index contributed by atoms with van der Waals surface area (Å²) in [4.78, 5) is 44.6. The van der Waals surface area contributed by atoms with E-state index in [2.05, 4.69) is 37.1 Å². The van der Waals surface area contributed by atoms with Crippen LogP contribution in [0.25, 0.3) is 22.2 Å². The van der Waals surface area contributed by atoms with Crippen LogP contribution in [0.3, 0.4) is 0 Å². The lowest BCUT2D eigenvalue weighted by Crippen LogP contribution is -2.33. The van der Waals surface area contributed by atoms with Crippen molar-refractivity contribution in [2.75, 3.05) is 5.73 Å². The Hall–Kier alpha value is -5.88. The molecule has 204 valence electrons. The van der Waals surface area contributed by atoms with E-state index in [9.17, 15) is 9.59 Å². The summed E-state index contributed by atoms with van der Waals surface area (Å²) in [5.74, 6) is 5.73. The van der Waals surface area contributed by atoms with Crippen LogP contribution in [0.5, 0.6) is 0 Å². The molecule has 0 spiro atoms. The Kier molecular flexibility index (Phi) is 7.10. The normalized spacial score (nSPS) is 12.8. The molecule has 1 aliphatic heterocycles. The van der Waals surface area contributed by atoms with E-state index in [0.717, 1.165) is 5.56 Å². The SMILES string of the molecule is C[C@@H](NC(=O)c1nc(C2=CCC=N2)cnc1N)c1cc2cccc(C#Cc3cccnc3)c2c(=O)n1-c1ccccc1. The minimum absolute atomic E-state index is 0.00169. The number of aromatic nitrogens is 4. The summed E-state index contributed by atoms with van der Waals surface area (Å²) >= 11 is 0. The molecule has 0 unspecified atom stereocenters. The first-order valence-corrected chi connectivity index (χ1v) is 13.3. The van der Waals surface area contributed by atoms with E-state index >= 15 is 0 Å². The Labute approximate surface area is 241 Å². The molecule has 6 rings (SSSR count). The number of nitrogens with one attached hydrogen (secondary N) is 1. The smallest absolute Gasteiger partial charge is 0.274 e. The van der Waals surface area contributed by atoms with Gasteiger partial charge < -0.3 is 11.1 Å². The lowest BCUT2D eigenvalue weighted by atomic mass is 10.0. The average Bonchev–Trinajstić information content (AvgIpc) is 3.56. The fraction of sp³-hybridized carbons (Fsp3) is 0.0909. The molecule has 0 bridgehead atoms. The summed E-state index contributed by atoms with van der Waals surface area (Å²) in [7, 11) is 0. The standard InChI is InChI=1S/C33H25N7O2/c1-21(38-32(41)30-31(34)37-20-27(39-30)26-13-7-17-36-26)28-18-24-10-5-9-23(15-14-22-8-6-16-35-19-22)29(24)33(42)40(28)25-11-3-2-4-12-25/h2-6,8-13,16-21H,7H2,1H3,(H2,34,37)(H,38,41)/t21-/m1/s1. The minimum atomic E-state index is -0.603. The molecule has 2 aromatic carbocycles. The number of carbonyl (C=O) groups excluding carboxylic acids is 1. The summed E-state index contributed by atoms with van der Waals surface area (Å²) in [6, 6.07) is 19.8. The predicted octanol–water partition coefficient (Wildman–Crippen LogP) is 4.46. The third-order valence-corrected chi connectivity index (χ3v) is 6.81. The summed E-state index contributed by atoms with van der Waals surface area (Å²) in [5.41, 5.74) is 9.46. The first-order valence-electron chi connectivity index (χ1n) is 13.3. The number of nitrogens with zero attached hydrogens (tertiary/aromatic N) is 5. The van der Waals surface area contributed by atoms with Crippen molar-refractivity contribution in [2.24, 2.45) is 4.99 Å². The number of para-hydroxylation sites is 1. The average molecular weight is 552 g/mol. The molecule has 0 saturated heterocycles. The zero-order valence-electron chi connectivity index (χ0n) is 22.7. The summed E-state index contributed by atoms with van der Waals surface area (Å²) in [6.07, 6.45) is 9.20. The van der Waals surface area contributed by atoms with Gasteiger partial charge in [0.25, 0.3) is 11.5 Å². The van der Waals surface area contributed by atoms with Gasteiger partial charge >= 0.3 is 0 Å². The second-order valence-corrected chi connectivity index (χ2v) is 9.63. The van der Waals surface area contributed by atoms with E-state index in [1.165, 1.54) is 6.20 Å². The Bertz CT molecular complexity index is 2000. The van der Waals surface area contributed by atoms with Crippen LogP contribution < -0.4 is 16.6 Å². The topological polar surface area (TPSA) is 128 Å². The van der Waals surface area contributed by atoms with Gasteiger partial charge in [-0.3, -0.25) is 24.1 Å². The number of nitrogen functional groups attached to an aromatic ring is 1. The maximum Gasteiger partial charge on any atom is 0.274 e. The van der Waals surface area contributed by atoms with Gasteiger partial charge in [-0.25, -0.2) is 9.97 Å². The lowest BCUT2D eigenvalue weighted by Gasteiger charge is -2.21. The first-order chi connectivity index (χ1) is 20.5. The molecule has 42 heavy (non-hydrogen) atoms. The molecular weight excluding hydrogens is 526 g/mol. The lowest BCUT2D eigenvalue weighted by molar-refractivity contribution is 0.0934. The molecule has 1 aliphatic rings. The highest BCUT2D eigenvalue weighted by atomic mass is 16.2. The number of fused-ring (bicyclic) bond motifs is 1. The van der Waals surface area contributed by atoms with Crippen molar-refractivity contribution in [3.63, 3.8) is 0 Å². The van der Waals surface area contributed by atoms with E-state index in [1.807, 2.05) is 72.8 Å². The summed E-state index contributed by atoms with van der Waals surface area (Å²) in [5, 5.41) is 4.14. The first kappa shape index (κ1) is 26.3. The van der Waals surface area contributed by atoms with Crippen LogP contribution in [0.4, 0.5) is 5.82 Å².